The number of hydrogen-bond donors (Lipinski definition) is 2. The molecule has 2 N–H and O–H groups in total. The molecule has 0 bridgehead atoms. The first kappa shape index (κ1) is 11.4. The highest BCUT2D eigenvalue weighted by molar-refractivity contribution is 6.17. The molecule has 0 saturated heterocycles. The first-order valence-corrected chi connectivity index (χ1v) is 4.86. The van der Waals surface area contributed by atoms with Gasteiger partial charge in [0.2, 0.25) is 0 Å². The highest BCUT2D eigenvalue weighted by Crippen LogP contribution is 2.21. The molecule has 0 aliphatic carbocycles. The second-order valence-corrected chi connectivity index (χ2v) is 3.39. The average molecular weight is 219 g/mol. The summed E-state index contributed by atoms with van der Waals surface area (Å²) in [5.41, 5.74) is 0.102. The first-order valence-electron chi connectivity index (χ1n) is 4.33. The molecule has 0 amide bonds. The molecule has 4 heteroatoms. The van der Waals surface area contributed by atoms with Gasteiger partial charge < -0.3 is 10.2 Å². The van der Waals surface area contributed by atoms with Gasteiger partial charge in [-0.15, -0.1) is 11.6 Å². The Morgan fingerprint density at radius 1 is 1.29 bits per heavy atom. The van der Waals surface area contributed by atoms with Crippen LogP contribution in [0.25, 0.3) is 0 Å². The van der Waals surface area contributed by atoms with Crippen molar-refractivity contribution in [1.29, 1.82) is 0 Å². The van der Waals surface area contributed by atoms with Crippen LogP contribution in [0.3, 0.4) is 0 Å². The number of benzene rings is 1. The van der Waals surface area contributed by atoms with E-state index in [1.165, 1.54) is 18.2 Å². The van der Waals surface area contributed by atoms with Crippen molar-refractivity contribution in [3.8, 4) is 0 Å². The van der Waals surface area contributed by atoms with Crippen LogP contribution in [0, 0.1) is 5.82 Å². The fourth-order valence-corrected chi connectivity index (χ4v) is 1.42. The molecule has 2 unspecified atom stereocenters. The summed E-state index contributed by atoms with van der Waals surface area (Å²) in [5.74, 6) is -0.291. The number of rotatable bonds is 4. The molecule has 14 heavy (non-hydrogen) atoms. The summed E-state index contributed by atoms with van der Waals surface area (Å²) in [6.07, 6.45) is -2.00. The van der Waals surface area contributed by atoms with Crippen LogP contribution in [-0.2, 0) is 0 Å². The molecule has 1 rings (SSSR count). The van der Waals surface area contributed by atoms with Gasteiger partial charge in [-0.05, 0) is 12.5 Å². The molecule has 0 aliphatic heterocycles. The number of aliphatic hydroxyl groups is 2. The number of aliphatic hydroxyl groups excluding tert-OH is 2. The van der Waals surface area contributed by atoms with Gasteiger partial charge in [0, 0.05) is 11.4 Å². The maximum Gasteiger partial charge on any atom is 0.129 e. The van der Waals surface area contributed by atoms with E-state index >= 15 is 0 Å². The molecule has 0 spiro atoms. The fourth-order valence-electron chi connectivity index (χ4n) is 1.19. The van der Waals surface area contributed by atoms with Crippen LogP contribution < -0.4 is 0 Å². The Morgan fingerprint density at radius 2 is 1.93 bits per heavy atom. The normalized spacial score (nSPS) is 15.1. The van der Waals surface area contributed by atoms with Gasteiger partial charge in [-0.1, -0.05) is 18.2 Å². The van der Waals surface area contributed by atoms with Gasteiger partial charge in [-0.25, -0.2) is 4.39 Å². The Balaban J connectivity index is 2.78. The van der Waals surface area contributed by atoms with Gasteiger partial charge in [-0.3, -0.25) is 0 Å². The van der Waals surface area contributed by atoms with Gasteiger partial charge in [0.05, 0.1) is 6.10 Å². The van der Waals surface area contributed by atoms with Crippen LogP contribution >= 0.6 is 11.6 Å². The average Bonchev–Trinajstić information content (AvgIpc) is 2.18. The molecule has 0 saturated carbocycles. The lowest BCUT2D eigenvalue weighted by atomic mass is 10.0. The molecule has 0 radical (unpaired) electrons. The van der Waals surface area contributed by atoms with Crippen molar-refractivity contribution in [2.45, 2.75) is 18.6 Å². The quantitative estimate of drug-likeness (QED) is 0.758. The largest absolute Gasteiger partial charge is 0.390 e. The van der Waals surface area contributed by atoms with Crippen molar-refractivity contribution < 1.29 is 14.6 Å². The van der Waals surface area contributed by atoms with Gasteiger partial charge in [0.25, 0.3) is 0 Å². The molecule has 78 valence electrons. The van der Waals surface area contributed by atoms with Crippen LogP contribution in [0.15, 0.2) is 24.3 Å². The van der Waals surface area contributed by atoms with Crippen LogP contribution in [0.1, 0.15) is 18.1 Å². The third-order valence-electron chi connectivity index (χ3n) is 1.99. The third-order valence-corrected chi connectivity index (χ3v) is 2.21. The zero-order valence-corrected chi connectivity index (χ0v) is 8.28. The van der Waals surface area contributed by atoms with E-state index in [0.717, 1.165) is 0 Å². The lowest BCUT2D eigenvalue weighted by Gasteiger charge is -2.17. The minimum Gasteiger partial charge on any atom is -0.390 e. The maximum absolute atomic E-state index is 13.1. The van der Waals surface area contributed by atoms with Crippen molar-refractivity contribution in [1.82, 2.24) is 0 Å². The fraction of sp³-hybridized carbons (Fsp3) is 0.400. The molecular formula is C10H12ClFO2. The lowest BCUT2D eigenvalue weighted by molar-refractivity contribution is 0.0149. The summed E-state index contributed by atoms with van der Waals surface area (Å²) in [6, 6.07) is 5.82. The molecular weight excluding hydrogens is 207 g/mol. The van der Waals surface area contributed by atoms with Gasteiger partial charge >= 0.3 is 0 Å². The van der Waals surface area contributed by atoms with Crippen molar-refractivity contribution in [3.05, 3.63) is 35.6 Å². The number of halogens is 2. The van der Waals surface area contributed by atoms with E-state index in [-0.39, 0.29) is 17.9 Å². The zero-order chi connectivity index (χ0) is 10.6. The Labute approximate surface area is 86.9 Å². The van der Waals surface area contributed by atoms with Crippen molar-refractivity contribution >= 4 is 11.6 Å². The van der Waals surface area contributed by atoms with Crippen molar-refractivity contribution in [2.75, 3.05) is 5.88 Å². The monoisotopic (exact) mass is 218 g/mol. The van der Waals surface area contributed by atoms with Gasteiger partial charge in [-0.2, -0.15) is 0 Å². The van der Waals surface area contributed by atoms with Gasteiger partial charge in [0.15, 0.2) is 0 Å². The highest BCUT2D eigenvalue weighted by atomic mass is 35.5. The second-order valence-electron chi connectivity index (χ2n) is 3.01. The van der Waals surface area contributed by atoms with E-state index in [0.29, 0.717) is 0 Å². The van der Waals surface area contributed by atoms with E-state index in [4.69, 9.17) is 11.6 Å². The maximum atomic E-state index is 13.1. The van der Waals surface area contributed by atoms with Gasteiger partial charge in [0.1, 0.15) is 11.9 Å². The Kier molecular flexibility index (Phi) is 4.32. The standard InChI is InChI=1S/C10H12ClFO2/c11-6-5-9(13)10(14)7-3-1-2-4-8(7)12/h1-4,9-10,13-14H,5-6H2. The van der Waals surface area contributed by atoms with Crippen molar-refractivity contribution in [2.24, 2.45) is 0 Å². The SMILES string of the molecule is OC(CCCl)C(O)c1ccccc1F. The van der Waals surface area contributed by atoms with Crippen LogP contribution in [0.5, 0.6) is 0 Å². The molecule has 1 aromatic carbocycles. The first-order chi connectivity index (χ1) is 6.66. The summed E-state index contributed by atoms with van der Waals surface area (Å²) >= 11 is 5.40. The topological polar surface area (TPSA) is 40.5 Å². The third kappa shape index (κ3) is 2.67. The lowest BCUT2D eigenvalue weighted by Crippen LogP contribution is -2.19. The summed E-state index contributed by atoms with van der Waals surface area (Å²) in [4.78, 5) is 0. The van der Waals surface area contributed by atoms with E-state index in [9.17, 15) is 14.6 Å². The van der Waals surface area contributed by atoms with Crippen LogP contribution in [0.2, 0.25) is 0 Å². The number of hydrogen-bond acceptors (Lipinski definition) is 2. The van der Waals surface area contributed by atoms with Crippen LogP contribution in [0.4, 0.5) is 4.39 Å². The summed E-state index contributed by atoms with van der Waals surface area (Å²) in [7, 11) is 0. The number of alkyl halides is 1. The van der Waals surface area contributed by atoms with Crippen molar-refractivity contribution in [3.63, 3.8) is 0 Å². The Hall–Kier alpha value is -0.640. The van der Waals surface area contributed by atoms with E-state index in [1.54, 1.807) is 6.07 Å². The smallest absolute Gasteiger partial charge is 0.129 e. The van der Waals surface area contributed by atoms with Crippen LogP contribution in [-0.4, -0.2) is 22.2 Å². The predicted molar refractivity (Wildman–Crippen MR) is 52.7 cm³/mol. The highest BCUT2D eigenvalue weighted by Gasteiger charge is 2.20. The van der Waals surface area contributed by atoms with E-state index < -0.39 is 18.0 Å². The molecule has 1 aromatic rings. The molecule has 0 aliphatic rings. The molecule has 0 fully saturated rings. The predicted octanol–water partition coefficient (Wildman–Crippen LogP) is 1.85. The summed E-state index contributed by atoms with van der Waals surface area (Å²) in [6.45, 7) is 0. The molecule has 0 heterocycles. The molecule has 0 aromatic heterocycles. The summed E-state index contributed by atoms with van der Waals surface area (Å²) in [5, 5.41) is 18.9. The molecule has 2 atom stereocenters. The second kappa shape index (κ2) is 5.29. The minimum atomic E-state index is -1.21. The Bertz CT molecular complexity index is 293. The zero-order valence-electron chi connectivity index (χ0n) is 7.53. The summed E-state index contributed by atoms with van der Waals surface area (Å²) < 4.78 is 13.1. The van der Waals surface area contributed by atoms with E-state index in [2.05, 4.69) is 0 Å². The van der Waals surface area contributed by atoms with E-state index in [1.807, 2.05) is 0 Å². The minimum absolute atomic E-state index is 0.102. The Morgan fingerprint density at radius 3 is 2.50 bits per heavy atom. The molecule has 2 nitrogen and oxygen atoms in total.